The van der Waals surface area contributed by atoms with Crippen molar-refractivity contribution in [3.05, 3.63) is 29.8 Å². The molecule has 0 aliphatic carbocycles. The molecule has 1 aromatic carbocycles. The molecule has 5 heteroatoms. The van der Waals surface area contributed by atoms with E-state index in [1.54, 1.807) is 0 Å². The molecule has 0 bridgehead atoms. The highest BCUT2D eigenvalue weighted by Crippen LogP contribution is 2.14. The maximum atomic E-state index is 11.0. The van der Waals surface area contributed by atoms with E-state index in [-0.39, 0.29) is 6.61 Å². The molecule has 0 saturated heterocycles. The minimum Gasteiger partial charge on any atom is -0.491 e. The van der Waals surface area contributed by atoms with E-state index < -0.39 is 16.2 Å². The summed E-state index contributed by atoms with van der Waals surface area (Å²) in [6, 6.07) is 7.59. The van der Waals surface area contributed by atoms with E-state index in [1.165, 1.54) is 0 Å². The van der Waals surface area contributed by atoms with Crippen LogP contribution in [0, 0.1) is 6.92 Å². The highest BCUT2D eigenvalue weighted by molar-refractivity contribution is 7.86. The molecule has 0 aliphatic heterocycles. The normalized spacial score (nSPS) is 13.4. The largest absolute Gasteiger partial charge is 0.491 e. The summed E-state index contributed by atoms with van der Waals surface area (Å²) in [6.07, 6.45) is 1.19. The van der Waals surface area contributed by atoms with Gasteiger partial charge < -0.3 is 4.74 Å². The van der Waals surface area contributed by atoms with Crippen molar-refractivity contribution >= 4 is 10.1 Å². The first-order valence-corrected chi connectivity index (χ1v) is 7.30. The third kappa shape index (κ3) is 5.70. The summed E-state index contributed by atoms with van der Waals surface area (Å²) in [5, 5.41) is 0. The minimum atomic E-state index is -3.43. The van der Waals surface area contributed by atoms with Gasteiger partial charge in [0.05, 0.1) is 6.26 Å². The zero-order chi connectivity index (χ0) is 12.9. The van der Waals surface area contributed by atoms with Gasteiger partial charge in [0.25, 0.3) is 10.1 Å². The Morgan fingerprint density at radius 3 is 2.59 bits per heavy atom. The van der Waals surface area contributed by atoms with Gasteiger partial charge >= 0.3 is 0 Å². The van der Waals surface area contributed by atoms with Crippen LogP contribution in [0.2, 0.25) is 0 Å². The number of aryl methyl sites for hydroxylation is 1. The highest BCUT2D eigenvalue weighted by Gasteiger charge is 2.14. The second kappa shape index (κ2) is 6.02. The van der Waals surface area contributed by atoms with Crippen molar-refractivity contribution in [2.24, 2.45) is 0 Å². The standard InChI is InChI=1S/C12H18O4S/c1-4-11(16-17(3,13)14)9-15-12-7-5-6-10(2)8-12/h5-8,11H,4,9H2,1-3H3. The van der Waals surface area contributed by atoms with E-state index >= 15 is 0 Å². The van der Waals surface area contributed by atoms with Gasteiger partial charge in [-0.25, -0.2) is 0 Å². The fraction of sp³-hybridized carbons (Fsp3) is 0.500. The first kappa shape index (κ1) is 14.0. The Kier molecular flexibility index (Phi) is 4.96. The predicted molar refractivity (Wildman–Crippen MR) is 66.7 cm³/mol. The monoisotopic (exact) mass is 258 g/mol. The van der Waals surface area contributed by atoms with Gasteiger partial charge in [0.15, 0.2) is 0 Å². The molecule has 0 radical (unpaired) electrons. The summed E-state index contributed by atoms with van der Waals surface area (Å²) >= 11 is 0. The van der Waals surface area contributed by atoms with Crippen molar-refractivity contribution in [3.63, 3.8) is 0 Å². The summed E-state index contributed by atoms with van der Waals surface area (Å²) in [7, 11) is -3.43. The first-order chi connectivity index (χ1) is 7.90. The Bertz CT molecular complexity index is 453. The van der Waals surface area contributed by atoms with Gasteiger partial charge in [-0.05, 0) is 31.0 Å². The predicted octanol–water partition coefficient (Wildman–Crippen LogP) is 2.13. The van der Waals surface area contributed by atoms with E-state index in [2.05, 4.69) is 0 Å². The van der Waals surface area contributed by atoms with Gasteiger partial charge in [0.2, 0.25) is 0 Å². The third-order valence-corrected chi connectivity index (χ3v) is 2.81. The second-order valence-electron chi connectivity index (χ2n) is 3.96. The maximum absolute atomic E-state index is 11.0. The lowest BCUT2D eigenvalue weighted by Crippen LogP contribution is -2.23. The van der Waals surface area contributed by atoms with Crippen LogP contribution in [0.1, 0.15) is 18.9 Å². The molecule has 0 aromatic heterocycles. The molecule has 1 aromatic rings. The number of hydrogen-bond donors (Lipinski definition) is 0. The van der Waals surface area contributed by atoms with Crippen LogP contribution < -0.4 is 4.74 Å². The molecule has 0 saturated carbocycles. The smallest absolute Gasteiger partial charge is 0.264 e. The van der Waals surface area contributed by atoms with Crippen LogP contribution in [0.3, 0.4) is 0 Å². The number of ether oxygens (including phenoxy) is 1. The molecule has 96 valence electrons. The molecule has 0 amide bonds. The van der Waals surface area contributed by atoms with E-state index in [9.17, 15) is 8.42 Å². The fourth-order valence-corrected chi connectivity index (χ4v) is 2.04. The quantitative estimate of drug-likeness (QED) is 0.733. The van der Waals surface area contributed by atoms with Gasteiger partial charge in [-0.3, -0.25) is 4.18 Å². The van der Waals surface area contributed by atoms with Crippen LogP contribution in [-0.4, -0.2) is 27.4 Å². The fourth-order valence-electron chi connectivity index (χ4n) is 1.36. The van der Waals surface area contributed by atoms with Gasteiger partial charge in [0, 0.05) is 0 Å². The molecular formula is C12H18O4S. The second-order valence-corrected chi connectivity index (χ2v) is 5.56. The van der Waals surface area contributed by atoms with Crippen LogP contribution in [0.25, 0.3) is 0 Å². The van der Waals surface area contributed by atoms with Gasteiger partial charge in [-0.2, -0.15) is 8.42 Å². The summed E-state index contributed by atoms with van der Waals surface area (Å²) in [6.45, 7) is 4.06. The Hall–Kier alpha value is -1.07. The van der Waals surface area contributed by atoms with Gasteiger partial charge in [-0.15, -0.1) is 0 Å². The van der Waals surface area contributed by atoms with E-state index in [4.69, 9.17) is 8.92 Å². The van der Waals surface area contributed by atoms with Gasteiger partial charge in [-0.1, -0.05) is 19.1 Å². The summed E-state index contributed by atoms with van der Waals surface area (Å²) in [5.74, 6) is 0.723. The van der Waals surface area contributed by atoms with Crippen LogP contribution in [-0.2, 0) is 14.3 Å². The summed E-state index contributed by atoms with van der Waals surface area (Å²) in [4.78, 5) is 0. The minimum absolute atomic E-state index is 0.229. The van der Waals surface area contributed by atoms with E-state index in [1.807, 2.05) is 38.1 Å². The number of rotatable bonds is 6. The SMILES string of the molecule is CCC(COc1cccc(C)c1)OS(C)(=O)=O. The van der Waals surface area contributed by atoms with Crippen LogP contribution in [0.5, 0.6) is 5.75 Å². The molecular weight excluding hydrogens is 240 g/mol. The maximum Gasteiger partial charge on any atom is 0.264 e. The lowest BCUT2D eigenvalue weighted by Gasteiger charge is -2.15. The summed E-state index contributed by atoms with van der Waals surface area (Å²) in [5.41, 5.74) is 1.10. The molecule has 4 nitrogen and oxygen atoms in total. The third-order valence-electron chi connectivity index (χ3n) is 2.19. The summed E-state index contributed by atoms with van der Waals surface area (Å²) < 4.78 is 32.4. The molecule has 1 unspecified atom stereocenters. The molecule has 0 spiro atoms. The Morgan fingerprint density at radius 1 is 1.35 bits per heavy atom. The Morgan fingerprint density at radius 2 is 2.06 bits per heavy atom. The lowest BCUT2D eigenvalue weighted by atomic mass is 10.2. The molecule has 1 rings (SSSR count). The van der Waals surface area contributed by atoms with Crippen LogP contribution in [0.4, 0.5) is 0 Å². The lowest BCUT2D eigenvalue weighted by molar-refractivity contribution is 0.132. The molecule has 0 fully saturated rings. The van der Waals surface area contributed by atoms with Crippen molar-refractivity contribution in [2.45, 2.75) is 26.4 Å². The van der Waals surface area contributed by atoms with Crippen molar-refractivity contribution in [1.82, 2.24) is 0 Å². The molecule has 0 aliphatic rings. The Balaban J connectivity index is 2.53. The average molecular weight is 258 g/mol. The topological polar surface area (TPSA) is 52.6 Å². The van der Waals surface area contributed by atoms with Gasteiger partial charge in [0.1, 0.15) is 18.5 Å². The average Bonchev–Trinajstić information content (AvgIpc) is 2.23. The van der Waals surface area contributed by atoms with Crippen molar-refractivity contribution in [1.29, 1.82) is 0 Å². The molecule has 0 N–H and O–H groups in total. The Labute approximate surface area is 103 Å². The molecule has 17 heavy (non-hydrogen) atoms. The van der Waals surface area contributed by atoms with Crippen molar-refractivity contribution in [3.8, 4) is 5.75 Å². The zero-order valence-corrected chi connectivity index (χ0v) is 11.2. The zero-order valence-electron chi connectivity index (χ0n) is 10.3. The number of hydrogen-bond acceptors (Lipinski definition) is 4. The molecule has 1 atom stereocenters. The van der Waals surface area contributed by atoms with E-state index in [0.29, 0.717) is 6.42 Å². The van der Waals surface area contributed by atoms with Crippen molar-refractivity contribution in [2.75, 3.05) is 12.9 Å². The number of benzene rings is 1. The first-order valence-electron chi connectivity index (χ1n) is 5.48. The highest BCUT2D eigenvalue weighted by atomic mass is 32.2. The molecule has 0 heterocycles. The van der Waals surface area contributed by atoms with Crippen LogP contribution >= 0.6 is 0 Å². The van der Waals surface area contributed by atoms with E-state index in [0.717, 1.165) is 17.6 Å². The van der Waals surface area contributed by atoms with Crippen molar-refractivity contribution < 1.29 is 17.3 Å². The van der Waals surface area contributed by atoms with Crippen LogP contribution in [0.15, 0.2) is 24.3 Å².